The molecule has 3 aliphatic carbocycles. The van der Waals surface area contributed by atoms with Crippen molar-refractivity contribution in [3.8, 4) is 5.75 Å². The van der Waals surface area contributed by atoms with Gasteiger partial charge >= 0.3 is 0 Å². The summed E-state index contributed by atoms with van der Waals surface area (Å²) in [6.45, 7) is 3.70. The Labute approximate surface area is 167 Å². The van der Waals surface area contributed by atoms with E-state index in [4.69, 9.17) is 21.2 Å². The molecule has 4 fully saturated rings. The molecule has 1 aromatic rings. The number of amides is 2. The van der Waals surface area contributed by atoms with Crippen molar-refractivity contribution >= 4 is 23.4 Å². The predicted molar refractivity (Wildman–Crippen MR) is 99.1 cm³/mol. The van der Waals surface area contributed by atoms with Crippen molar-refractivity contribution in [3.63, 3.8) is 0 Å². The van der Waals surface area contributed by atoms with Crippen LogP contribution in [0.5, 0.6) is 5.75 Å². The number of hydrogen-bond acceptors (Lipinski definition) is 5. The topological polar surface area (TPSA) is 88.7 Å². The Morgan fingerprint density at radius 2 is 1.96 bits per heavy atom. The zero-order chi connectivity index (χ0) is 20.1. The summed E-state index contributed by atoms with van der Waals surface area (Å²) in [4.78, 5) is 29.9. The lowest BCUT2D eigenvalue weighted by Crippen LogP contribution is -2.84. The number of carbonyl (C=O) groups excluding carboxylic acids is 2. The molecular formula is C19H23ClFN3O4. The van der Waals surface area contributed by atoms with Crippen LogP contribution in [-0.4, -0.2) is 41.6 Å². The second-order valence-electron chi connectivity index (χ2n) is 8.27. The average Bonchev–Trinajstić information content (AvgIpc) is 2.92. The first-order valence-corrected chi connectivity index (χ1v) is 9.71. The number of carbonyl (C=O) groups is 2. The largest absolute Gasteiger partial charge is 0.484 e. The first-order valence-electron chi connectivity index (χ1n) is 9.33. The summed E-state index contributed by atoms with van der Waals surface area (Å²) in [5.74, 6) is -0.598. The van der Waals surface area contributed by atoms with Gasteiger partial charge in [0.1, 0.15) is 17.6 Å². The number of ether oxygens (including phenoxy) is 1. The van der Waals surface area contributed by atoms with E-state index >= 15 is 0 Å². The van der Waals surface area contributed by atoms with Crippen LogP contribution in [0.3, 0.4) is 0 Å². The van der Waals surface area contributed by atoms with Gasteiger partial charge in [-0.2, -0.15) is 5.48 Å². The first-order chi connectivity index (χ1) is 13.2. The quantitative estimate of drug-likeness (QED) is 0.663. The highest BCUT2D eigenvalue weighted by molar-refractivity contribution is 6.30. The molecule has 2 bridgehead atoms. The summed E-state index contributed by atoms with van der Waals surface area (Å²) < 4.78 is 18.7. The molecule has 1 saturated heterocycles. The fourth-order valence-corrected chi connectivity index (χ4v) is 4.52. The van der Waals surface area contributed by atoms with Crippen LogP contribution in [-0.2, 0) is 14.4 Å². The van der Waals surface area contributed by atoms with Crippen molar-refractivity contribution in [2.45, 2.75) is 56.3 Å². The van der Waals surface area contributed by atoms with E-state index in [2.05, 4.69) is 16.1 Å². The lowest BCUT2D eigenvalue weighted by molar-refractivity contribution is -0.152. The van der Waals surface area contributed by atoms with Gasteiger partial charge < -0.3 is 15.4 Å². The van der Waals surface area contributed by atoms with Gasteiger partial charge in [0.2, 0.25) is 5.91 Å². The van der Waals surface area contributed by atoms with Crippen LogP contribution in [0.15, 0.2) is 18.2 Å². The van der Waals surface area contributed by atoms with Gasteiger partial charge in [0.15, 0.2) is 6.61 Å². The van der Waals surface area contributed by atoms with Gasteiger partial charge in [-0.3, -0.25) is 14.4 Å². The number of benzene rings is 1. The molecule has 4 aliphatic rings. The van der Waals surface area contributed by atoms with Crippen LogP contribution in [0.2, 0.25) is 5.02 Å². The third-order valence-corrected chi connectivity index (χ3v) is 6.32. The smallest absolute Gasteiger partial charge is 0.258 e. The molecule has 3 unspecified atom stereocenters. The second kappa shape index (κ2) is 6.86. The van der Waals surface area contributed by atoms with Crippen molar-refractivity contribution in [2.75, 3.05) is 6.61 Å². The molecule has 7 nitrogen and oxygen atoms in total. The van der Waals surface area contributed by atoms with Crippen LogP contribution in [0, 0.1) is 11.7 Å². The second-order valence-corrected chi connectivity index (χ2v) is 8.68. The minimum absolute atomic E-state index is 0.00114. The van der Waals surface area contributed by atoms with E-state index in [1.807, 2.05) is 13.8 Å². The summed E-state index contributed by atoms with van der Waals surface area (Å²) >= 11 is 5.62. The van der Waals surface area contributed by atoms with Crippen molar-refractivity contribution in [3.05, 3.63) is 29.0 Å². The highest BCUT2D eigenvalue weighted by atomic mass is 35.5. The molecule has 3 N–H and O–H groups in total. The molecule has 1 heterocycles. The van der Waals surface area contributed by atoms with Crippen LogP contribution < -0.4 is 20.9 Å². The van der Waals surface area contributed by atoms with Gasteiger partial charge in [-0.25, -0.2) is 4.39 Å². The maximum absolute atomic E-state index is 13.4. The van der Waals surface area contributed by atoms with Crippen LogP contribution in [0.4, 0.5) is 4.39 Å². The van der Waals surface area contributed by atoms with Crippen LogP contribution in [0.1, 0.15) is 33.1 Å². The van der Waals surface area contributed by atoms with Crippen LogP contribution in [0.25, 0.3) is 0 Å². The summed E-state index contributed by atoms with van der Waals surface area (Å²) in [5, 5.41) is 6.06. The third kappa shape index (κ3) is 3.44. The van der Waals surface area contributed by atoms with Gasteiger partial charge in [0.25, 0.3) is 5.91 Å². The molecule has 0 spiro atoms. The normalized spacial score (nSPS) is 35.5. The Morgan fingerprint density at radius 1 is 1.29 bits per heavy atom. The van der Waals surface area contributed by atoms with Gasteiger partial charge in [0, 0.05) is 23.1 Å². The van der Waals surface area contributed by atoms with Gasteiger partial charge in [-0.05, 0) is 38.3 Å². The molecule has 1 aromatic carbocycles. The summed E-state index contributed by atoms with van der Waals surface area (Å²) in [6, 6.07) is 3.67. The average molecular weight is 412 g/mol. The standard InChI is InChI=1S/C19H23ClFN3O4/c1-10-11(2)28-24-16(10)17(26)23-19-7-18(8-19,9-19)22-15(25)6-27-12-3-4-13(20)14(21)5-12/h3-5,10-11,16,24H,6-9H2,1-2H3,(H,22,25)(H,23,26). The lowest BCUT2D eigenvalue weighted by atomic mass is 9.44. The Balaban J connectivity index is 1.21. The zero-order valence-electron chi connectivity index (χ0n) is 15.7. The molecule has 2 amide bonds. The minimum atomic E-state index is -0.595. The number of rotatable bonds is 6. The maximum atomic E-state index is 13.4. The number of nitrogens with one attached hydrogen (secondary N) is 3. The summed E-state index contributed by atoms with van der Waals surface area (Å²) in [7, 11) is 0. The molecular weight excluding hydrogens is 389 g/mol. The molecule has 0 radical (unpaired) electrons. The molecule has 1 aliphatic heterocycles. The van der Waals surface area contributed by atoms with Crippen molar-refractivity contribution in [1.29, 1.82) is 0 Å². The molecule has 28 heavy (non-hydrogen) atoms. The highest BCUT2D eigenvalue weighted by Crippen LogP contribution is 2.60. The van der Waals surface area contributed by atoms with Crippen LogP contribution >= 0.6 is 11.6 Å². The predicted octanol–water partition coefficient (Wildman–Crippen LogP) is 1.69. The Hall–Kier alpha value is -1.90. The number of hydroxylamine groups is 1. The van der Waals surface area contributed by atoms with E-state index in [1.165, 1.54) is 12.1 Å². The van der Waals surface area contributed by atoms with E-state index in [0.29, 0.717) is 19.3 Å². The van der Waals surface area contributed by atoms with Gasteiger partial charge in [0.05, 0.1) is 11.1 Å². The van der Waals surface area contributed by atoms with E-state index in [1.54, 1.807) is 0 Å². The van der Waals surface area contributed by atoms with E-state index in [-0.39, 0.29) is 58.3 Å². The monoisotopic (exact) mass is 411 g/mol. The van der Waals surface area contributed by atoms with Gasteiger partial charge in [-0.15, -0.1) is 0 Å². The molecule has 9 heteroatoms. The van der Waals surface area contributed by atoms with Crippen molar-refractivity contribution in [2.24, 2.45) is 5.92 Å². The lowest BCUT2D eigenvalue weighted by Gasteiger charge is -2.70. The fourth-order valence-electron chi connectivity index (χ4n) is 4.40. The summed E-state index contributed by atoms with van der Waals surface area (Å²) in [6.07, 6.45) is 2.09. The summed E-state index contributed by atoms with van der Waals surface area (Å²) in [5.41, 5.74) is 2.27. The first kappa shape index (κ1) is 19.4. The number of hydrogen-bond donors (Lipinski definition) is 3. The van der Waals surface area contributed by atoms with Crippen molar-refractivity contribution in [1.82, 2.24) is 16.1 Å². The maximum Gasteiger partial charge on any atom is 0.258 e. The van der Waals surface area contributed by atoms with Gasteiger partial charge in [-0.1, -0.05) is 18.5 Å². The molecule has 0 aromatic heterocycles. The van der Waals surface area contributed by atoms with E-state index in [9.17, 15) is 14.0 Å². The Kier molecular flexibility index (Phi) is 4.76. The minimum Gasteiger partial charge on any atom is -0.484 e. The molecule has 152 valence electrons. The molecule has 5 rings (SSSR count). The SMILES string of the molecule is CC1ONC(C(=O)NC23CC(NC(=O)COc4ccc(Cl)c(F)c4)(C2)C3)C1C. The zero-order valence-corrected chi connectivity index (χ0v) is 16.4. The fraction of sp³-hybridized carbons (Fsp3) is 0.579. The highest BCUT2D eigenvalue weighted by Gasteiger charge is 2.69. The van der Waals surface area contributed by atoms with Crippen molar-refractivity contribution < 1.29 is 23.6 Å². The third-order valence-electron chi connectivity index (χ3n) is 6.01. The van der Waals surface area contributed by atoms with E-state index in [0.717, 1.165) is 6.07 Å². The molecule has 3 atom stereocenters. The van der Waals surface area contributed by atoms with E-state index < -0.39 is 5.82 Å². The molecule has 3 saturated carbocycles. The number of halogens is 2. The Bertz CT molecular complexity index is 801. The Morgan fingerprint density at radius 3 is 2.57 bits per heavy atom.